The van der Waals surface area contributed by atoms with E-state index < -0.39 is 0 Å². The first kappa shape index (κ1) is 10.2. The van der Waals surface area contributed by atoms with E-state index in [4.69, 9.17) is 0 Å². The molecule has 0 aliphatic rings. The number of hydrogen-bond donors (Lipinski definition) is 0. The van der Waals surface area contributed by atoms with Crippen LogP contribution in [0, 0.1) is 9.81 Å². The Balaban J connectivity index is 2.71. The lowest BCUT2D eigenvalue weighted by Gasteiger charge is -2.05. The molecular weight excluding hydrogens is 204 g/mol. The summed E-state index contributed by atoms with van der Waals surface area (Å²) < 4.78 is 0. The van der Waals surface area contributed by atoms with E-state index in [9.17, 15) is 9.81 Å². The maximum absolute atomic E-state index is 10.7. The highest BCUT2D eigenvalue weighted by Crippen LogP contribution is 2.38. The molecule has 0 N–H and O–H groups in total. The highest BCUT2D eigenvalue weighted by Gasteiger charge is 2.11. The summed E-state index contributed by atoms with van der Waals surface area (Å²) in [4.78, 5) is 21.4. The van der Waals surface area contributed by atoms with E-state index >= 15 is 0 Å². The third-order valence-electron chi connectivity index (χ3n) is 2.28. The van der Waals surface area contributed by atoms with Crippen LogP contribution in [0.4, 0.5) is 11.4 Å². The first-order valence-corrected chi connectivity index (χ1v) is 4.72. The van der Waals surface area contributed by atoms with Gasteiger partial charge in [-0.25, -0.2) is 0 Å². The van der Waals surface area contributed by atoms with Gasteiger partial charge in [0.25, 0.3) is 0 Å². The van der Waals surface area contributed by atoms with Crippen LogP contribution in [-0.4, -0.2) is 0 Å². The summed E-state index contributed by atoms with van der Waals surface area (Å²) in [6.07, 6.45) is 0. The zero-order valence-corrected chi connectivity index (χ0v) is 8.33. The Bertz CT molecular complexity index is 498. The van der Waals surface area contributed by atoms with E-state index in [-0.39, 0.29) is 11.4 Å². The predicted molar refractivity (Wildman–Crippen MR) is 62.8 cm³/mol. The second-order valence-electron chi connectivity index (χ2n) is 3.22. The minimum absolute atomic E-state index is 0.225. The minimum atomic E-state index is 0.225. The fourth-order valence-electron chi connectivity index (χ4n) is 1.58. The van der Waals surface area contributed by atoms with Gasteiger partial charge in [-0.2, -0.15) is 0 Å². The van der Waals surface area contributed by atoms with Crippen molar-refractivity contribution in [3.05, 3.63) is 58.3 Å². The molecule has 0 spiro atoms. The Morgan fingerprint density at radius 1 is 0.688 bits per heavy atom. The average molecular weight is 212 g/mol. The van der Waals surface area contributed by atoms with Crippen LogP contribution < -0.4 is 0 Å². The summed E-state index contributed by atoms with van der Waals surface area (Å²) in [7, 11) is 0. The molecule has 0 saturated heterocycles. The van der Waals surface area contributed by atoms with Gasteiger partial charge in [-0.1, -0.05) is 36.4 Å². The van der Waals surface area contributed by atoms with Crippen molar-refractivity contribution in [1.29, 1.82) is 0 Å². The lowest BCUT2D eigenvalue weighted by Crippen LogP contribution is -1.79. The standard InChI is InChI=1S/C12H8N2O2/c15-13-10-7-4-8-11(14-16)12(10)9-5-2-1-3-6-9/h1-8H. The fourth-order valence-corrected chi connectivity index (χ4v) is 1.58. The van der Waals surface area contributed by atoms with Gasteiger partial charge in [-0.05, 0) is 28.0 Å². The summed E-state index contributed by atoms with van der Waals surface area (Å²) in [6.45, 7) is 0. The Morgan fingerprint density at radius 3 is 1.75 bits per heavy atom. The monoisotopic (exact) mass is 212 g/mol. The molecule has 0 atom stereocenters. The molecule has 0 unspecified atom stereocenters. The normalized spacial score (nSPS) is 9.75. The van der Waals surface area contributed by atoms with Crippen molar-refractivity contribution in [2.75, 3.05) is 0 Å². The van der Waals surface area contributed by atoms with Crippen molar-refractivity contribution < 1.29 is 0 Å². The largest absolute Gasteiger partial charge is 0.145 e. The molecule has 0 saturated carbocycles. The molecule has 0 aromatic heterocycles. The molecule has 16 heavy (non-hydrogen) atoms. The molecule has 4 nitrogen and oxygen atoms in total. The number of hydrogen-bond acceptors (Lipinski definition) is 4. The number of nitrogens with zero attached hydrogens (tertiary/aromatic N) is 2. The van der Waals surface area contributed by atoms with Crippen LogP contribution in [0.1, 0.15) is 0 Å². The van der Waals surface area contributed by atoms with Gasteiger partial charge in [0.05, 0.1) is 0 Å². The molecule has 0 aliphatic carbocycles. The van der Waals surface area contributed by atoms with Gasteiger partial charge in [-0.3, -0.25) is 0 Å². The van der Waals surface area contributed by atoms with E-state index in [0.717, 1.165) is 5.56 Å². The summed E-state index contributed by atoms with van der Waals surface area (Å²) in [5, 5.41) is 5.81. The third kappa shape index (κ3) is 1.72. The molecule has 4 heteroatoms. The highest BCUT2D eigenvalue weighted by molar-refractivity contribution is 5.85. The maximum atomic E-state index is 10.7. The van der Waals surface area contributed by atoms with E-state index in [1.807, 2.05) is 18.2 Å². The third-order valence-corrected chi connectivity index (χ3v) is 2.28. The Hall–Kier alpha value is -2.36. The van der Waals surface area contributed by atoms with E-state index in [0.29, 0.717) is 5.56 Å². The Labute approximate surface area is 91.9 Å². The van der Waals surface area contributed by atoms with Crippen LogP contribution in [0.2, 0.25) is 0 Å². The second kappa shape index (κ2) is 4.44. The smallest absolute Gasteiger partial charge is 0.118 e. The molecule has 0 heterocycles. The van der Waals surface area contributed by atoms with Crippen molar-refractivity contribution in [2.45, 2.75) is 0 Å². The number of benzene rings is 2. The lowest BCUT2D eigenvalue weighted by molar-refractivity contribution is 1.43. The first-order chi connectivity index (χ1) is 7.86. The van der Waals surface area contributed by atoms with Crippen LogP contribution in [0.5, 0.6) is 0 Å². The van der Waals surface area contributed by atoms with Crippen LogP contribution in [0.25, 0.3) is 11.1 Å². The van der Waals surface area contributed by atoms with Crippen LogP contribution in [0.3, 0.4) is 0 Å². The quantitative estimate of drug-likeness (QED) is 0.717. The number of rotatable bonds is 3. The summed E-state index contributed by atoms with van der Waals surface area (Å²) >= 11 is 0. The SMILES string of the molecule is O=Nc1cccc(N=O)c1-c1ccccc1. The molecule has 0 aliphatic heterocycles. The van der Waals surface area contributed by atoms with Gasteiger partial charge >= 0.3 is 0 Å². The van der Waals surface area contributed by atoms with Crippen LogP contribution in [-0.2, 0) is 0 Å². The van der Waals surface area contributed by atoms with Crippen molar-refractivity contribution in [2.24, 2.45) is 10.4 Å². The molecule has 78 valence electrons. The lowest BCUT2D eigenvalue weighted by atomic mass is 10.0. The van der Waals surface area contributed by atoms with Gasteiger partial charge in [0.2, 0.25) is 0 Å². The van der Waals surface area contributed by atoms with Crippen LogP contribution >= 0.6 is 0 Å². The maximum Gasteiger partial charge on any atom is 0.118 e. The fraction of sp³-hybridized carbons (Fsp3) is 0. The van der Waals surface area contributed by atoms with Gasteiger partial charge in [0.15, 0.2) is 0 Å². The molecular formula is C12H8N2O2. The summed E-state index contributed by atoms with van der Waals surface area (Å²) in [5.74, 6) is 0. The van der Waals surface area contributed by atoms with Crippen LogP contribution in [0.15, 0.2) is 58.9 Å². The molecule has 0 amide bonds. The van der Waals surface area contributed by atoms with Gasteiger partial charge in [0, 0.05) is 5.56 Å². The van der Waals surface area contributed by atoms with E-state index in [1.54, 1.807) is 30.3 Å². The zero-order valence-electron chi connectivity index (χ0n) is 8.33. The molecule has 2 rings (SSSR count). The highest BCUT2D eigenvalue weighted by atomic mass is 16.3. The Morgan fingerprint density at radius 2 is 1.25 bits per heavy atom. The van der Waals surface area contributed by atoms with Crippen molar-refractivity contribution >= 4 is 11.4 Å². The Kier molecular flexibility index (Phi) is 2.82. The molecule has 0 bridgehead atoms. The van der Waals surface area contributed by atoms with Crippen molar-refractivity contribution in [3.63, 3.8) is 0 Å². The van der Waals surface area contributed by atoms with Gasteiger partial charge < -0.3 is 0 Å². The number of nitroso groups, excluding NO2 is 2. The predicted octanol–water partition coefficient (Wildman–Crippen LogP) is 4.15. The van der Waals surface area contributed by atoms with Gasteiger partial charge in [0.1, 0.15) is 11.4 Å². The van der Waals surface area contributed by atoms with Crippen molar-refractivity contribution in [3.8, 4) is 11.1 Å². The second-order valence-corrected chi connectivity index (χ2v) is 3.22. The van der Waals surface area contributed by atoms with E-state index in [2.05, 4.69) is 10.4 Å². The average Bonchev–Trinajstić information content (AvgIpc) is 2.38. The van der Waals surface area contributed by atoms with E-state index in [1.165, 1.54) is 0 Å². The molecule has 2 aromatic rings. The first-order valence-electron chi connectivity index (χ1n) is 4.72. The molecule has 0 fully saturated rings. The van der Waals surface area contributed by atoms with Crippen molar-refractivity contribution in [1.82, 2.24) is 0 Å². The molecule has 2 aromatic carbocycles. The topological polar surface area (TPSA) is 58.9 Å². The summed E-state index contributed by atoms with van der Waals surface area (Å²) in [6, 6.07) is 13.8. The summed E-state index contributed by atoms with van der Waals surface area (Å²) in [5.41, 5.74) is 1.69. The molecule has 0 radical (unpaired) electrons. The zero-order chi connectivity index (χ0) is 11.4. The van der Waals surface area contributed by atoms with Gasteiger partial charge in [-0.15, -0.1) is 9.81 Å². The minimum Gasteiger partial charge on any atom is -0.145 e.